The Labute approximate surface area is 150 Å². The minimum atomic E-state index is 0.416. The van der Waals surface area contributed by atoms with E-state index in [4.69, 9.17) is 12.2 Å². The largest absolute Gasteiger partial charge is 0.358 e. The van der Waals surface area contributed by atoms with Crippen LogP contribution in [-0.4, -0.2) is 29.1 Å². The normalized spacial score (nSPS) is 17.7. The Morgan fingerprint density at radius 2 is 1.96 bits per heavy atom. The number of benzene rings is 2. The summed E-state index contributed by atoms with van der Waals surface area (Å²) in [6.07, 6.45) is 1.13. The summed E-state index contributed by atoms with van der Waals surface area (Å²) in [4.78, 5) is 2.48. The summed E-state index contributed by atoms with van der Waals surface area (Å²) in [7, 11) is 0. The maximum Gasteiger partial charge on any atom is 0.171 e. The number of thiocarbonyl (C=S) groups is 1. The number of anilines is 1. The van der Waals surface area contributed by atoms with Crippen LogP contribution in [0.5, 0.6) is 0 Å². The predicted molar refractivity (Wildman–Crippen MR) is 105 cm³/mol. The SMILES string of the molecule is Cc1ccc(C)c(NC(=S)N[C@@H]2CCN(Cc3ccccc3)C2)c1. The van der Waals surface area contributed by atoms with E-state index in [0.29, 0.717) is 6.04 Å². The number of hydrogen-bond acceptors (Lipinski definition) is 2. The second kappa shape index (κ2) is 7.77. The number of nitrogens with one attached hydrogen (secondary N) is 2. The zero-order valence-corrected chi connectivity index (χ0v) is 15.2. The molecule has 1 aliphatic heterocycles. The molecule has 0 radical (unpaired) electrons. The zero-order valence-electron chi connectivity index (χ0n) is 14.4. The summed E-state index contributed by atoms with van der Waals surface area (Å²) in [6.45, 7) is 7.35. The number of likely N-dealkylation sites (tertiary alicyclic amines) is 1. The topological polar surface area (TPSA) is 27.3 Å². The van der Waals surface area contributed by atoms with Crippen molar-refractivity contribution in [1.29, 1.82) is 0 Å². The molecule has 0 spiro atoms. The highest BCUT2D eigenvalue weighted by Gasteiger charge is 2.22. The van der Waals surface area contributed by atoms with E-state index < -0.39 is 0 Å². The van der Waals surface area contributed by atoms with Crippen molar-refractivity contribution in [2.45, 2.75) is 32.9 Å². The van der Waals surface area contributed by atoms with Gasteiger partial charge in [0.15, 0.2) is 5.11 Å². The summed E-state index contributed by atoms with van der Waals surface area (Å²) in [5.41, 5.74) is 4.91. The van der Waals surface area contributed by atoms with Crippen molar-refractivity contribution in [3.8, 4) is 0 Å². The van der Waals surface area contributed by atoms with Crippen LogP contribution >= 0.6 is 12.2 Å². The van der Waals surface area contributed by atoms with Crippen LogP contribution in [0.4, 0.5) is 5.69 Å². The fraction of sp³-hybridized carbons (Fsp3) is 0.350. The summed E-state index contributed by atoms with van der Waals surface area (Å²) in [5, 5.41) is 7.53. The van der Waals surface area contributed by atoms with Gasteiger partial charge < -0.3 is 10.6 Å². The third-order valence-electron chi connectivity index (χ3n) is 4.50. The van der Waals surface area contributed by atoms with Crippen molar-refractivity contribution in [1.82, 2.24) is 10.2 Å². The predicted octanol–water partition coefficient (Wildman–Crippen LogP) is 3.86. The molecule has 2 N–H and O–H groups in total. The Bertz CT molecular complexity index is 699. The van der Waals surface area contributed by atoms with E-state index in [2.05, 4.69) is 77.9 Å². The molecule has 1 atom stereocenters. The van der Waals surface area contributed by atoms with Gasteiger partial charge in [0.05, 0.1) is 0 Å². The monoisotopic (exact) mass is 339 g/mol. The van der Waals surface area contributed by atoms with Gasteiger partial charge in [-0.2, -0.15) is 0 Å². The molecule has 1 fully saturated rings. The first kappa shape index (κ1) is 16.9. The fourth-order valence-electron chi connectivity index (χ4n) is 3.15. The smallest absolute Gasteiger partial charge is 0.171 e. The molecule has 1 saturated heterocycles. The van der Waals surface area contributed by atoms with Crippen molar-refractivity contribution in [3.63, 3.8) is 0 Å². The van der Waals surface area contributed by atoms with E-state index >= 15 is 0 Å². The highest BCUT2D eigenvalue weighted by atomic mass is 32.1. The molecule has 3 rings (SSSR count). The first-order valence-corrected chi connectivity index (χ1v) is 8.92. The lowest BCUT2D eigenvalue weighted by molar-refractivity contribution is 0.324. The quantitative estimate of drug-likeness (QED) is 0.827. The third-order valence-corrected chi connectivity index (χ3v) is 4.72. The van der Waals surface area contributed by atoms with Crippen LogP contribution in [-0.2, 0) is 6.54 Å². The van der Waals surface area contributed by atoms with Crippen molar-refractivity contribution in [2.24, 2.45) is 0 Å². The van der Waals surface area contributed by atoms with Gasteiger partial charge >= 0.3 is 0 Å². The van der Waals surface area contributed by atoms with Crippen molar-refractivity contribution in [3.05, 3.63) is 65.2 Å². The highest BCUT2D eigenvalue weighted by Crippen LogP contribution is 2.17. The standard InChI is InChI=1S/C20H25N3S/c1-15-8-9-16(2)19(12-15)22-20(24)21-18-10-11-23(14-18)13-17-6-4-3-5-7-17/h3-9,12,18H,10-11,13-14H2,1-2H3,(H2,21,22,24)/t18-/m1/s1. The Hall–Kier alpha value is -1.91. The van der Waals surface area contributed by atoms with Gasteiger partial charge in [0.2, 0.25) is 0 Å². The zero-order chi connectivity index (χ0) is 16.9. The molecule has 4 heteroatoms. The van der Waals surface area contributed by atoms with E-state index in [1.165, 1.54) is 16.7 Å². The minimum absolute atomic E-state index is 0.416. The molecule has 3 nitrogen and oxygen atoms in total. The lowest BCUT2D eigenvalue weighted by atomic mass is 10.1. The molecule has 126 valence electrons. The molecule has 0 aromatic heterocycles. The molecule has 2 aromatic carbocycles. The molecule has 24 heavy (non-hydrogen) atoms. The number of rotatable bonds is 4. The van der Waals surface area contributed by atoms with Crippen LogP contribution < -0.4 is 10.6 Å². The van der Waals surface area contributed by atoms with Crippen LogP contribution in [0.3, 0.4) is 0 Å². The molecule has 1 aliphatic rings. The van der Waals surface area contributed by atoms with Crippen molar-refractivity contribution < 1.29 is 0 Å². The van der Waals surface area contributed by atoms with E-state index in [9.17, 15) is 0 Å². The number of aryl methyl sites for hydroxylation is 2. The number of nitrogens with zero attached hydrogens (tertiary/aromatic N) is 1. The summed E-state index contributed by atoms with van der Waals surface area (Å²) in [5.74, 6) is 0. The third kappa shape index (κ3) is 4.56. The molecule has 1 heterocycles. The first-order valence-electron chi connectivity index (χ1n) is 8.51. The minimum Gasteiger partial charge on any atom is -0.358 e. The molecule has 0 bridgehead atoms. The summed E-state index contributed by atoms with van der Waals surface area (Å²) >= 11 is 5.50. The molecule has 0 aliphatic carbocycles. The molecule has 0 amide bonds. The average Bonchev–Trinajstić information content (AvgIpc) is 2.98. The van der Waals surface area contributed by atoms with Gasteiger partial charge in [0.25, 0.3) is 0 Å². The maximum absolute atomic E-state index is 5.50. The van der Waals surface area contributed by atoms with Crippen molar-refractivity contribution in [2.75, 3.05) is 18.4 Å². The van der Waals surface area contributed by atoms with Crippen LogP contribution in [0, 0.1) is 13.8 Å². The number of hydrogen-bond donors (Lipinski definition) is 2. The Morgan fingerprint density at radius 1 is 1.17 bits per heavy atom. The van der Waals surface area contributed by atoms with Gasteiger partial charge in [-0.05, 0) is 55.2 Å². The van der Waals surface area contributed by atoms with E-state index in [0.717, 1.165) is 36.9 Å². The van der Waals surface area contributed by atoms with Crippen LogP contribution in [0.1, 0.15) is 23.1 Å². The average molecular weight is 340 g/mol. The molecule has 2 aromatic rings. The highest BCUT2D eigenvalue weighted by molar-refractivity contribution is 7.80. The van der Waals surface area contributed by atoms with Gasteiger partial charge in [-0.25, -0.2) is 0 Å². The first-order chi connectivity index (χ1) is 11.6. The van der Waals surface area contributed by atoms with Crippen LogP contribution in [0.15, 0.2) is 48.5 Å². The maximum atomic E-state index is 5.50. The van der Waals surface area contributed by atoms with Crippen LogP contribution in [0.25, 0.3) is 0 Å². The van der Waals surface area contributed by atoms with Crippen molar-refractivity contribution >= 4 is 23.0 Å². The van der Waals surface area contributed by atoms with Crippen LogP contribution in [0.2, 0.25) is 0 Å². The van der Waals surface area contributed by atoms with Gasteiger partial charge in [0.1, 0.15) is 0 Å². The van der Waals surface area contributed by atoms with Gasteiger partial charge in [0, 0.05) is 31.4 Å². The second-order valence-electron chi connectivity index (χ2n) is 6.62. The molecular formula is C20H25N3S. The second-order valence-corrected chi connectivity index (χ2v) is 7.03. The Balaban J connectivity index is 1.50. The summed E-state index contributed by atoms with van der Waals surface area (Å²) in [6, 6.07) is 17.4. The molecular weight excluding hydrogens is 314 g/mol. The Kier molecular flexibility index (Phi) is 5.48. The van der Waals surface area contributed by atoms with E-state index in [1.54, 1.807) is 0 Å². The lowest BCUT2D eigenvalue weighted by Gasteiger charge is -2.19. The molecule has 0 saturated carbocycles. The summed E-state index contributed by atoms with van der Waals surface area (Å²) < 4.78 is 0. The van der Waals surface area contributed by atoms with Gasteiger partial charge in [-0.15, -0.1) is 0 Å². The van der Waals surface area contributed by atoms with E-state index in [-0.39, 0.29) is 0 Å². The molecule has 0 unspecified atom stereocenters. The fourth-order valence-corrected chi connectivity index (χ4v) is 3.43. The lowest BCUT2D eigenvalue weighted by Crippen LogP contribution is -2.39. The Morgan fingerprint density at radius 3 is 2.75 bits per heavy atom. The van der Waals surface area contributed by atoms with Gasteiger partial charge in [-0.1, -0.05) is 42.5 Å². The van der Waals surface area contributed by atoms with Gasteiger partial charge in [-0.3, -0.25) is 4.90 Å². The van der Waals surface area contributed by atoms with E-state index in [1.807, 2.05) is 0 Å².